The van der Waals surface area contributed by atoms with Gasteiger partial charge in [-0.1, -0.05) is 22.6 Å². The lowest BCUT2D eigenvalue weighted by atomic mass is 11.0. The predicted molar refractivity (Wildman–Crippen MR) is 32.5 cm³/mol. The van der Waals surface area contributed by atoms with Gasteiger partial charge in [-0.15, -0.1) is 0 Å². The lowest BCUT2D eigenvalue weighted by molar-refractivity contribution is 1.50. The second-order valence-corrected chi connectivity index (χ2v) is 3.64. The summed E-state index contributed by atoms with van der Waals surface area (Å²) in [5.41, 5.74) is 0. The minimum atomic E-state index is -0.586. The summed E-state index contributed by atoms with van der Waals surface area (Å²) in [4.78, 5) is 0. The van der Waals surface area contributed by atoms with Crippen LogP contribution in [0.2, 0.25) is 0 Å². The maximum Gasteiger partial charge on any atom is 0.0524 e. The summed E-state index contributed by atoms with van der Waals surface area (Å²) in [6.07, 6.45) is 0. The van der Waals surface area contributed by atoms with Gasteiger partial charge in [0.1, 0.15) is 0 Å². The Bertz CT molecular complexity index is 25.1. The Morgan fingerprint density at radius 3 is 2.50 bits per heavy atom. The van der Waals surface area contributed by atoms with Crippen molar-refractivity contribution in [2.24, 2.45) is 0 Å². The molecule has 1 unspecified atom stereocenters. The summed E-state index contributed by atoms with van der Waals surface area (Å²) in [7, 11) is 0. The largest absolute Gasteiger partial charge is 0.165 e. The zero-order valence-corrected chi connectivity index (χ0v) is 5.38. The molecule has 0 rings (SSSR count). The third-order valence-electron chi connectivity index (χ3n) is 0. The number of halogens is 1. The van der Waals surface area contributed by atoms with Crippen LogP contribution >= 0.6 is 35.2 Å². The van der Waals surface area contributed by atoms with Crippen molar-refractivity contribution in [3.8, 4) is 0 Å². The van der Waals surface area contributed by atoms with E-state index in [1.54, 1.807) is 6.92 Å². The quantitative estimate of drug-likeness (QED) is 0.334. The Morgan fingerprint density at radius 2 is 2.50 bits per heavy atom. The summed E-state index contributed by atoms with van der Waals surface area (Å²) in [5, 5.41) is 0. The second kappa shape index (κ2) is 2.33. The first kappa shape index (κ1) is 3.28. The average Bonchev–Trinajstić information content (AvgIpc) is 0.722. The van der Waals surface area contributed by atoms with E-state index in [1.165, 1.54) is 0 Å². The molecule has 2 heteroatoms. The minimum Gasteiger partial charge on any atom is -0.165 e. The highest BCUT2D eigenvalue weighted by molar-refractivity contribution is 14.1. The highest BCUT2D eigenvalue weighted by Crippen LogP contribution is 1.99. The molecule has 0 aliphatic heterocycles. The fraction of sp³-hybridized carbons (Fsp3) is 1.00. The second-order valence-electron chi connectivity index (χ2n) is 0.497. The number of alkyl halides is 1. The SMILES string of the molecule is [2H]C(C)(S)I. The molecule has 0 aromatic carbocycles. The third kappa shape index (κ3) is 11.4. The van der Waals surface area contributed by atoms with Crippen LogP contribution < -0.4 is 0 Å². The highest BCUT2D eigenvalue weighted by Gasteiger charge is 1.71. The molecule has 0 nitrogen and oxygen atoms in total. The van der Waals surface area contributed by atoms with Crippen LogP contribution in [0.25, 0.3) is 0 Å². The maximum atomic E-state index is 6.79. The first-order chi connectivity index (χ1) is 2.00. The number of hydrogen-bond acceptors (Lipinski definition) is 1. The lowest BCUT2D eigenvalue weighted by Gasteiger charge is -1.75. The number of rotatable bonds is 0. The van der Waals surface area contributed by atoms with Gasteiger partial charge in [-0.25, -0.2) is 0 Å². The van der Waals surface area contributed by atoms with Crippen molar-refractivity contribution in [1.29, 1.82) is 0 Å². The highest BCUT2D eigenvalue weighted by atomic mass is 127. The van der Waals surface area contributed by atoms with Gasteiger partial charge in [-0.3, -0.25) is 0 Å². The Morgan fingerprint density at radius 1 is 2.50 bits per heavy atom. The maximum absolute atomic E-state index is 6.79. The van der Waals surface area contributed by atoms with Gasteiger partial charge in [-0.2, -0.15) is 12.6 Å². The normalized spacial score (nSPS) is 27.2. The van der Waals surface area contributed by atoms with Crippen molar-refractivity contribution in [2.75, 3.05) is 0 Å². The van der Waals surface area contributed by atoms with Crippen LogP contribution in [-0.4, -0.2) is 3.23 Å². The van der Waals surface area contributed by atoms with Crippen molar-refractivity contribution in [2.45, 2.75) is 10.2 Å². The van der Waals surface area contributed by atoms with Gasteiger partial charge in [0.2, 0.25) is 0 Å². The van der Waals surface area contributed by atoms with E-state index in [2.05, 4.69) is 12.6 Å². The Hall–Kier alpha value is 1.08. The monoisotopic (exact) mass is 189 g/mol. The average molecular weight is 189 g/mol. The molecule has 0 heterocycles. The van der Waals surface area contributed by atoms with Gasteiger partial charge in [0.05, 0.1) is 4.60 Å². The van der Waals surface area contributed by atoms with Crippen LogP contribution in [0.3, 0.4) is 0 Å². The molecule has 0 saturated heterocycles. The molecule has 0 bridgehead atoms. The summed E-state index contributed by atoms with van der Waals surface area (Å²) in [5.74, 6) is 0. The molecule has 0 amide bonds. The topological polar surface area (TPSA) is 0 Å². The number of hydrogen-bond donors (Lipinski definition) is 1. The smallest absolute Gasteiger partial charge is 0.0524 e. The molecule has 0 aromatic rings. The first-order valence-electron chi connectivity index (χ1n) is 1.41. The molecular formula is C2H5IS. The Balaban J connectivity index is 3.02. The lowest BCUT2D eigenvalue weighted by Crippen LogP contribution is -1.61. The van der Waals surface area contributed by atoms with Crippen LogP contribution in [0.15, 0.2) is 0 Å². The fourth-order valence-corrected chi connectivity index (χ4v) is 0. The molecule has 4 heavy (non-hydrogen) atoms. The van der Waals surface area contributed by atoms with E-state index in [0.717, 1.165) is 0 Å². The molecule has 0 spiro atoms. The van der Waals surface area contributed by atoms with Crippen molar-refractivity contribution in [1.82, 2.24) is 0 Å². The van der Waals surface area contributed by atoms with Crippen molar-refractivity contribution < 1.29 is 1.37 Å². The standard InChI is InChI=1S/C2H5IS/c1-2(3)4/h2,4H,1H3/i2D. The molecule has 1 atom stereocenters. The molecule has 0 N–H and O–H groups in total. The van der Waals surface area contributed by atoms with Crippen molar-refractivity contribution in [3.63, 3.8) is 0 Å². The summed E-state index contributed by atoms with van der Waals surface area (Å²) >= 11 is 5.68. The van der Waals surface area contributed by atoms with Crippen LogP contribution in [0, 0.1) is 0 Å². The van der Waals surface area contributed by atoms with Crippen LogP contribution in [0.5, 0.6) is 0 Å². The summed E-state index contributed by atoms with van der Waals surface area (Å²) in [6, 6.07) is 0. The fourth-order valence-electron chi connectivity index (χ4n) is 0. The van der Waals surface area contributed by atoms with E-state index in [-0.39, 0.29) is 0 Å². The van der Waals surface area contributed by atoms with Gasteiger partial charge in [0, 0.05) is 0 Å². The van der Waals surface area contributed by atoms with Gasteiger partial charge >= 0.3 is 0 Å². The van der Waals surface area contributed by atoms with E-state index >= 15 is 0 Å². The van der Waals surface area contributed by atoms with Gasteiger partial charge in [0.15, 0.2) is 0 Å². The molecule has 0 fully saturated rings. The molecule has 26 valence electrons. The van der Waals surface area contributed by atoms with Gasteiger partial charge in [0.25, 0.3) is 0 Å². The van der Waals surface area contributed by atoms with Crippen LogP contribution in [0.4, 0.5) is 0 Å². The van der Waals surface area contributed by atoms with E-state index in [0.29, 0.717) is 0 Å². The summed E-state index contributed by atoms with van der Waals surface area (Å²) in [6.45, 7) is 1.71. The zero-order chi connectivity index (χ0) is 4.50. The van der Waals surface area contributed by atoms with Gasteiger partial charge in [-0.05, 0) is 6.92 Å². The molecule has 0 radical (unpaired) electrons. The first-order valence-corrected chi connectivity index (χ1v) is 2.44. The Labute approximate surface area is 46.9 Å². The van der Waals surface area contributed by atoms with Crippen molar-refractivity contribution >= 4 is 35.2 Å². The predicted octanol–water partition coefficient (Wildman–Crippen LogP) is 1.70. The van der Waals surface area contributed by atoms with E-state index < -0.39 is 3.23 Å². The van der Waals surface area contributed by atoms with E-state index in [4.69, 9.17) is 1.37 Å². The molecule has 0 aliphatic carbocycles. The van der Waals surface area contributed by atoms with Gasteiger partial charge < -0.3 is 0 Å². The minimum absolute atomic E-state index is 0.586. The van der Waals surface area contributed by atoms with Crippen molar-refractivity contribution in [3.05, 3.63) is 0 Å². The molecule has 0 aliphatic rings. The third-order valence-corrected chi connectivity index (χ3v) is 0. The summed E-state index contributed by atoms with van der Waals surface area (Å²) < 4.78 is 6.20. The van der Waals surface area contributed by atoms with Crippen LogP contribution in [-0.2, 0) is 0 Å². The van der Waals surface area contributed by atoms with Crippen LogP contribution in [0.1, 0.15) is 8.29 Å². The molecule has 0 aromatic heterocycles. The number of thiol groups is 1. The van der Waals surface area contributed by atoms with E-state index in [1.807, 2.05) is 22.6 Å². The zero-order valence-electron chi connectivity index (χ0n) is 3.33. The molecule has 0 saturated carbocycles. The molecular weight excluding hydrogens is 183 g/mol. The van der Waals surface area contributed by atoms with E-state index in [9.17, 15) is 0 Å². The Kier molecular flexibility index (Phi) is 1.90.